The predicted molar refractivity (Wildman–Crippen MR) is 66.2 cm³/mol. The number of hydrogen-bond donors (Lipinski definition) is 1. The van der Waals surface area contributed by atoms with Crippen molar-refractivity contribution < 1.29 is 4.79 Å². The van der Waals surface area contributed by atoms with Crippen LogP contribution in [0.3, 0.4) is 0 Å². The van der Waals surface area contributed by atoms with Crippen LogP contribution >= 0.6 is 24.0 Å². The fraction of sp³-hybridized carbons (Fsp3) is 0.364. The summed E-state index contributed by atoms with van der Waals surface area (Å²) in [4.78, 5) is 11.8. The fourth-order valence-corrected chi connectivity index (χ4v) is 1.48. The molecule has 1 N–H and O–H groups in total. The van der Waals surface area contributed by atoms with Gasteiger partial charge in [-0.3, -0.25) is 4.79 Å². The number of carbonyl (C=O) groups is 1. The Morgan fingerprint density at radius 3 is 2.73 bits per heavy atom. The first kappa shape index (κ1) is 14.4. The van der Waals surface area contributed by atoms with Crippen molar-refractivity contribution in [1.82, 2.24) is 5.32 Å². The van der Waals surface area contributed by atoms with Crippen molar-refractivity contribution in [1.29, 1.82) is 0 Å². The number of rotatable bonds is 4. The maximum Gasteiger partial charge on any atom is 0.179 e. The van der Waals surface area contributed by atoms with Crippen LogP contribution < -0.4 is 5.32 Å². The molecule has 1 rings (SSSR count). The number of nitrogens with one attached hydrogen (secondary N) is 1. The molecule has 1 unspecified atom stereocenters. The summed E-state index contributed by atoms with van der Waals surface area (Å²) in [6, 6.07) is 6.86. The molecule has 1 aromatic carbocycles. The van der Waals surface area contributed by atoms with E-state index in [0.29, 0.717) is 10.6 Å². The van der Waals surface area contributed by atoms with E-state index in [9.17, 15) is 4.79 Å². The number of hydrogen-bond acceptors (Lipinski definition) is 2. The highest BCUT2D eigenvalue weighted by atomic mass is 35.5. The second-order valence-electron chi connectivity index (χ2n) is 3.15. The Hall–Kier alpha value is -0.570. The zero-order chi connectivity index (χ0) is 10.6. The third-order valence-corrected chi connectivity index (χ3v) is 2.25. The van der Waals surface area contributed by atoms with Gasteiger partial charge in [0.2, 0.25) is 0 Å². The minimum absolute atomic E-state index is 0. The summed E-state index contributed by atoms with van der Waals surface area (Å²) in [5, 5.41) is 3.67. The SMILES string of the molecule is CCNC(C)C(=O)c1cccc(Cl)c1.Cl. The monoisotopic (exact) mass is 247 g/mol. The van der Waals surface area contributed by atoms with Crippen LogP contribution in [0.4, 0.5) is 0 Å². The predicted octanol–water partition coefficient (Wildman–Crippen LogP) is 2.94. The van der Waals surface area contributed by atoms with Crippen LogP contribution in [0.25, 0.3) is 0 Å². The van der Waals surface area contributed by atoms with Crippen LogP contribution in [0.15, 0.2) is 24.3 Å². The van der Waals surface area contributed by atoms with E-state index >= 15 is 0 Å². The Balaban J connectivity index is 0.00000196. The van der Waals surface area contributed by atoms with Crippen LogP contribution in [0, 0.1) is 0 Å². The number of Topliss-reactive ketones (excluding diaryl/α,β-unsaturated/α-hetero) is 1. The lowest BCUT2D eigenvalue weighted by molar-refractivity contribution is 0.0952. The average molecular weight is 248 g/mol. The topological polar surface area (TPSA) is 29.1 Å². The molecule has 2 nitrogen and oxygen atoms in total. The summed E-state index contributed by atoms with van der Waals surface area (Å²) in [6.45, 7) is 4.61. The minimum atomic E-state index is -0.154. The highest BCUT2D eigenvalue weighted by molar-refractivity contribution is 6.31. The van der Waals surface area contributed by atoms with Crippen LogP contribution in [0.2, 0.25) is 5.02 Å². The lowest BCUT2D eigenvalue weighted by atomic mass is 10.1. The smallest absolute Gasteiger partial charge is 0.179 e. The Kier molecular flexibility index (Phi) is 6.57. The van der Waals surface area contributed by atoms with Gasteiger partial charge in [-0.2, -0.15) is 0 Å². The third kappa shape index (κ3) is 4.20. The van der Waals surface area contributed by atoms with Crippen molar-refractivity contribution in [3.8, 4) is 0 Å². The Morgan fingerprint density at radius 1 is 1.53 bits per heavy atom. The van der Waals surface area contributed by atoms with Crippen molar-refractivity contribution in [2.45, 2.75) is 19.9 Å². The van der Waals surface area contributed by atoms with E-state index in [4.69, 9.17) is 11.6 Å². The van der Waals surface area contributed by atoms with Crippen molar-refractivity contribution >= 4 is 29.8 Å². The zero-order valence-corrected chi connectivity index (χ0v) is 10.4. The first-order chi connectivity index (χ1) is 6.65. The van der Waals surface area contributed by atoms with Crippen LogP contribution in [0.5, 0.6) is 0 Å². The highest BCUT2D eigenvalue weighted by Gasteiger charge is 2.13. The van der Waals surface area contributed by atoms with Gasteiger partial charge in [0.05, 0.1) is 6.04 Å². The molecular weight excluding hydrogens is 233 g/mol. The van der Waals surface area contributed by atoms with Gasteiger partial charge < -0.3 is 5.32 Å². The number of likely N-dealkylation sites (N-methyl/N-ethyl adjacent to an activating group) is 1. The van der Waals surface area contributed by atoms with Crippen molar-refractivity contribution in [2.75, 3.05) is 6.54 Å². The second kappa shape index (κ2) is 6.83. The molecule has 0 bridgehead atoms. The van der Waals surface area contributed by atoms with Crippen molar-refractivity contribution in [2.24, 2.45) is 0 Å². The molecule has 0 aliphatic carbocycles. The molecule has 0 radical (unpaired) electrons. The molecular formula is C11H15Cl2NO. The maximum absolute atomic E-state index is 11.8. The summed E-state index contributed by atoms with van der Waals surface area (Å²) < 4.78 is 0. The van der Waals surface area contributed by atoms with E-state index in [1.165, 1.54) is 0 Å². The standard InChI is InChI=1S/C11H14ClNO.ClH/c1-3-13-8(2)11(14)9-5-4-6-10(12)7-9;/h4-8,13H,3H2,1-2H3;1H. The Bertz CT molecular complexity index is 328. The lowest BCUT2D eigenvalue weighted by Crippen LogP contribution is -2.33. The fourth-order valence-electron chi connectivity index (χ4n) is 1.29. The van der Waals surface area contributed by atoms with Gasteiger partial charge in [-0.25, -0.2) is 0 Å². The molecule has 0 spiro atoms. The molecule has 84 valence electrons. The molecule has 0 heterocycles. The maximum atomic E-state index is 11.8. The van der Waals surface area contributed by atoms with Gasteiger partial charge in [0.1, 0.15) is 0 Å². The molecule has 0 saturated carbocycles. The van der Waals surface area contributed by atoms with E-state index in [1.807, 2.05) is 13.8 Å². The number of carbonyl (C=O) groups excluding carboxylic acids is 1. The quantitative estimate of drug-likeness (QED) is 0.830. The Labute approximate surface area is 101 Å². The molecule has 0 fully saturated rings. The van der Waals surface area contributed by atoms with Crippen LogP contribution in [-0.2, 0) is 0 Å². The normalized spacial score (nSPS) is 11.7. The van der Waals surface area contributed by atoms with Crippen LogP contribution in [0.1, 0.15) is 24.2 Å². The average Bonchev–Trinajstić information content (AvgIpc) is 2.17. The molecule has 4 heteroatoms. The van der Waals surface area contributed by atoms with Crippen molar-refractivity contribution in [3.05, 3.63) is 34.9 Å². The van der Waals surface area contributed by atoms with E-state index < -0.39 is 0 Å². The Morgan fingerprint density at radius 2 is 2.20 bits per heavy atom. The number of halogens is 2. The largest absolute Gasteiger partial charge is 0.308 e. The summed E-state index contributed by atoms with van der Waals surface area (Å²) in [7, 11) is 0. The van der Waals surface area contributed by atoms with E-state index in [0.717, 1.165) is 6.54 Å². The summed E-state index contributed by atoms with van der Waals surface area (Å²) in [5.41, 5.74) is 0.658. The summed E-state index contributed by atoms with van der Waals surface area (Å²) in [6.07, 6.45) is 0. The van der Waals surface area contributed by atoms with Gasteiger partial charge >= 0.3 is 0 Å². The molecule has 0 aliphatic rings. The summed E-state index contributed by atoms with van der Waals surface area (Å²) >= 11 is 5.80. The first-order valence-electron chi connectivity index (χ1n) is 4.68. The van der Waals surface area contributed by atoms with Gasteiger partial charge in [-0.15, -0.1) is 12.4 Å². The second-order valence-corrected chi connectivity index (χ2v) is 3.59. The molecule has 15 heavy (non-hydrogen) atoms. The van der Waals surface area contributed by atoms with Gasteiger partial charge in [0.15, 0.2) is 5.78 Å². The number of benzene rings is 1. The minimum Gasteiger partial charge on any atom is -0.308 e. The van der Waals surface area contributed by atoms with Gasteiger partial charge in [0.25, 0.3) is 0 Å². The van der Waals surface area contributed by atoms with E-state index in [-0.39, 0.29) is 24.2 Å². The molecule has 1 atom stereocenters. The number of ketones is 1. The van der Waals surface area contributed by atoms with Crippen molar-refractivity contribution in [3.63, 3.8) is 0 Å². The van der Waals surface area contributed by atoms with Gasteiger partial charge in [-0.1, -0.05) is 30.7 Å². The van der Waals surface area contributed by atoms with E-state index in [1.54, 1.807) is 24.3 Å². The van der Waals surface area contributed by atoms with Gasteiger partial charge in [0, 0.05) is 10.6 Å². The molecule has 0 amide bonds. The molecule has 0 aliphatic heterocycles. The molecule has 0 saturated heterocycles. The third-order valence-electron chi connectivity index (χ3n) is 2.01. The molecule has 1 aromatic rings. The first-order valence-corrected chi connectivity index (χ1v) is 5.06. The zero-order valence-electron chi connectivity index (χ0n) is 8.79. The van der Waals surface area contributed by atoms with E-state index in [2.05, 4.69) is 5.32 Å². The van der Waals surface area contributed by atoms with Gasteiger partial charge in [-0.05, 0) is 25.6 Å². The lowest BCUT2D eigenvalue weighted by Gasteiger charge is -2.10. The van der Waals surface area contributed by atoms with Crippen LogP contribution in [-0.4, -0.2) is 18.4 Å². The molecule has 0 aromatic heterocycles. The highest BCUT2D eigenvalue weighted by Crippen LogP contribution is 2.12. The summed E-state index contributed by atoms with van der Waals surface area (Å²) in [5.74, 6) is 0.0781.